The minimum absolute atomic E-state index is 0.148. The Balaban J connectivity index is 0.000000671. The number of halogens is 6. The standard InChI is InChI=1S/C30H45F3N4O4.C2HF3O2/c1-3-4-10-23-20-37(19-22-8-6-5-7-9-22)28(39)41-29(23)13-17-35(18-14-29)24-11-15-36(16-12-24)27(38)25-26(30(31,32)33)40-21(2)34-25;3-2(4,5)1(6)7/h22-24H,3-20H2,1-2H3;(H,6,7). The number of carbonyl (C=O) groups excluding carboxylic acids is 2. The topological polar surface area (TPSA) is 116 Å². The third kappa shape index (κ3) is 9.35. The Labute approximate surface area is 276 Å². The van der Waals surface area contributed by atoms with E-state index in [0.29, 0.717) is 37.8 Å². The molecule has 3 saturated heterocycles. The van der Waals surface area contributed by atoms with Crippen LogP contribution in [0.25, 0.3) is 0 Å². The summed E-state index contributed by atoms with van der Waals surface area (Å²) in [4.78, 5) is 44.6. The lowest BCUT2D eigenvalue weighted by Crippen LogP contribution is -2.61. The number of ether oxygens (including phenoxy) is 1. The van der Waals surface area contributed by atoms with Crippen LogP contribution < -0.4 is 0 Å². The van der Waals surface area contributed by atoms with E-state index in [2.05, 4.69) is 16.8 Å². The van der Waals surface area contributed by atoms with Gasteiger partial charge in [-0.25, -0.2) is 14.6 Å². The van der Waals surface area contributed by atoms with Crippen molar-refractivity contribution in [3.8, 4) is 0 Å². The second-order valence-electron chi connectivity index (χ2n) is 13.5. The van der Waals surface area contributed by atoms with Gasteiger partial charge in [-0.3, -0.25) is 9.69 Å². The van der Waals surface area contributed by atoms with Gasteiger partial charge in [0.1, 0.15) is 5.60 Å². The van der Waals surface area contributed by atoms with Crippen molar-refractivity contribution in [2.75, 3.05) is 39.3 Å². The van der Waals surface area contributed by atoms with Gasteiger partial charge in [0.2, 0.25) is 5.76 Å². The molecule has 4 aliphatic rings. The molecule has 1 spiro atoms. The molecule has 48 heavy (non-hydrogen) atoms. The molecule has 10 nitrogen and oxygen atoms in total. The molecule has 16 heteroatoms. The maximum Gasteiger partial charge on any atom is 0.490 e. The van der Waals surface area contributed by atoms with Crippen LogP contribution in [0.1, 0.15) is 106 Å². The van der Waals surface area contributed by atoms with Gasteiger partial charge >= 0.3 is 24.4 Å². The van der Waals surface area contributed by atoms with Crippen molar-refractivity contribution in [3.63, 3.8) is 0 Å². The van der Waals surface area contributed by atoms with E-state index in [9.17, 15) is 35.9 Å². The van der Waals surface area contributed by atoms with E-state index in [1.807, 2.05) is 4.90 Å². The fraction of sp³-hybridized carbons (Fsp3) is 0.812. The predicted octanol–water partition coefficient (Wildman–Crippen LogP) is 6.91. The zero-order valence-electron chi connectivity index (χ0n) is 27.5. The van der Waals surface area contributed by atoms with Crippen LogP contribution in [0.5, 0.6) is 0 Å². The number of carboxylic acid groups (broad SMARTS) is 1. The Morgan fingerprint density at radius 2 is 1.58 bits per heavy atom. The number of carboxylic acids is 1. The molecule has 4 heterocycles. The van der Waals surface area contributed by atoms with Gasteiger partial charge in [-0.2, -0.15) is 26.3 Å². The SMILES string of the molecule is CCCCC1CN(CC2CCCCC2)C(=O)OC12CCN(C1CCN(C(=O)c3nc(C)oc3C(F)(F)F)CC1)CC2.O=C(O)C(F)(F)F. The number of hydrogen-bond donors (Lipinski definition) is 1. The number of aliphatic carboxylic acids is 1. The molecule has 3 aliphatic heterocycles. The van der Waals surface area contributed by atoms with Crippen molar-refractivity contribution < 1.29 is 55.0 Å². The quantitative estimate of drug-likeness (QED) is 0.306. The first kappa shape index (κ1) is 37.8. The summed E-state index contributed by atoms with van der Waals surface area (Å²) in [6, 6.07) is 0.244. The van der Waals surface area contributed by atoms with Crippen LogP contribution in [0.4, 0.5) is 31.1 Å². The predicted molar refractivity (Wildman–Crippen MR) is 160 cm³/mol. The minimum atomic E-state index is -5.08. The third-order valence-electron chi connectivity index (χ3n) is 10.2. The van der Waals surface area contributed by atoms with Crippen LogP contribution in [0.3, 0.4) is 0 Å². The van der Waals surface area contributed by atoms with E-state index in [1.165, 1.54) is 43.9 Å². The summed E-state index contributed by atoms with van der Waals surface area (Å²) >= 11 is 0. The Morgan fingerprint density at radius 1 is 0.979 bits per heavy atom. The van der Waals surface area contributed by atoms with Crippen molar-refractivity contribution in [2.24, 2.45) is 11.8 Å². The maximum atomic E-state index is 13.3. The number of aryl methyl sites for hydroxylation is 1. The molecule has 1 aromatic heterocycles. The van der Waals surface area contributed by atoms with Gasteiger partial charge in [-0.05, 0) is 38.0 Å². The summed E-state index contributed by atoms with van der Waals surface area (Å²) in [5, 5.41) is 7.12. The van der Waals surface area contributed by atoms with Gasteiger partial charge < -0.3 is 24.1 Å². The molecule has 5 rings (SSSR count). The van der Waals surface area contributed by atoms with E-state index in [0.717, 1.165) is 58.3 Å². The first-order valence-corrected chi connectivity index (χ1v) is 16.9. The second kappa shape index (κ2) is 15.7. The number of rotatable bonds is 7. The number of oxazole rings is 1. The molecular formula is C32H46F6N4O6. The number of piperidine rings is 2. The number of amides is 2. The molecule has 1 unspecified atom stereocenters. The highest BCUT2D eigenvalue weighted by Crippen LogP contribution is 2.42. The molecule has 1 saturated carbocycles. The average Bonchev–Trinajstić information content (AvgIpc) is 3.45. The number of nitrogens with zero attached hydrogens (tertiary/aromatic N) is 4. The molecule has 1 aliphatic carbocycles. The summed E-state index contributed by atoms with van der Waals surface area (Å²) in [7, 11) is 0. The molecule has 4 fully saturated rings. The van der Waals surface area contributed by atoms with Crippen LogP contribution in [0, 0.1) is 18.8 Å². The number of unbranched alkanes of at least 4 members (excludes halogenated alkanes) is 1. The largest absolute Gasteiger partial charge is 0.490 e. The highest BCUT2D eigenvalue weighted by molar-refractivity contribution is 5.93. The van der Waals surface area contributed by atoms with Crippen LogP contribution >= 0.6 is 0 Å². The van der Waals surface area contributed by atoms with E-state index in [1.54, 1.807) is 0 Å². The summed E-state index contributed by atoms with van der Waals surface area (Å²) in [5.74, 6) is -4.05. The van der Waals surface area contributed by atoms with Gasteiger partial charge in [0.05, 0.1) is 0 Å². The molecule has 1 aromatic rings. The maximum absolute atomic E-state index is 13.3. The first-order valence-electron chi connectivity index (χ1n) is 16.9. The first-order chi connectivity index (χ1) is 22.5. The lowest BCUT2D eigenvalue weighted by Gasteiger charge is -2.52. The summed E-state index contributed by atoms with van der Waals surface area (Å²) < 4.78 is 82.8. The Morgan fingerprint density at radius 3 is 2.12 bits per heavy atom. The van der Waals surface area contributed by atoms with Crippen molar-refractivity contribution in [1.29, 1.82) is 0 Å². The smallest absolute Gasteiger partial charge is 0.475 e. The van der Waals surface area contributed by atoms with Crippen molar-refractivity contribution in [1.82, 2.24) is 19.7 Å². The normalized spacial score (nSPS) is 23.1. The average molecular weight is 697 g/mol. The van der Waals surface area contributed by atoms with Gasteiger partial charge in [-0.15, -0.1) is 0 Å². The molecule has 1 N–H and O–H groups in total. The van der Waals surface area contributed by atoms with Crippen LogP contribution in [-0.4, -0.2) is 99.8 Å². The van der Waals surface area contributed by atoms with Crippen molar-refractivity contribution >= 4 is 18.0 Å². The third-order valence-corrected chi connectivity index (χ3v) is 10.2. The number of alkyl halides is 6. The van der Waals surface area contributed by atoms with E-state index < -0.39 is 41.3 Å². The molecule has 1 atom stereocenters. The van der Waals surface area contributed by atoms with Gasteiger partial charge in [0.25, 0.3) is 5.91 Å². The number of hydrogen-bond acceptors (Lipinski definition) is 7. The number of carbonyl (C=O) groups is 3. The lowest BCUT2D eigenvalue weighted by molar-refractivity contribution is -0.192. The fourth-order valence-corrected chi connectivity index (χ4v) is 7.59. The number of likely N-dealkylation sites (tertiary alicyclic amines) is 2. The summed E-state index contributed by atoms with van der Waals surface area (Å²) in [6.45, 7) is 7.50. The second-order valence-corrected chi connectivity index (χ2v) is 13.5. The van der Waals surface area contributed by atoms with Crippen LogP contribution in [-0.2, 0) is 15.7 Å². The zero-order chi connectivity index (χ0) is 35.3. The number of aromatic nitrogens is 1. The summed E-state index contributed by atoms with van der Waals surface area (Å²) in [5.41, 5.74) is -1.07. The van der Waals surface area contributed by atoms with Crippen molar-refractivity contribution in [2.45, 2.75) is 115 Å². The Kier molecular flexibility index (Phi) is 12.3. The minimum Gasteiger partial charge on any atom is -0.475 e. The lowest BCUT2D eigenvalue weighted by atomic mass is 9.75. The summed E-state index contributed by atoms with van der Waals surface area (Å²) in [6.07, 6.45) is 2.51. The van der Waals surface area contributed by atoms with Crippen LogP contribution in [0.15, 0.2) is 4.42 Å². The Hall–Kier alpha value is -3.04. The molecule has 0 radical (unpaired) electrons. The van der Waals surface area contributed by atoms with Crippen molar-refractivity contribution in [3.05, 3.63) is 17.3 Å². The molecular weight excluding hydrogens is 650 g/mol. The molecule has 0 bridgehead atoms. The highest BCUT2D eigenvalue weighted by Gasteiger charge is 2.50. The van der Waals surface area contributed by atoms with Gasteiger partial charge in [-0.1, -0.05) is 39.0 Å². The highest BCUT2D eigenvalue weighted by atomic mass is 19.4. The molecule has 272 valence electrons. The monoisotopic (exact) mass is 696 g/mol. The van der Waals surface area contributed by atoms with E-state index >= 15 is 0 Å². The van der Waals surface area contributed by atoms with Gasteiger partial charge in [0.15, 0.2) is 11.6 Å². The molecule has 0 aromatic carbocycles. The fourth-order valence-electron chi connectivity index (χ4n) is 7.59. The van der Waals surface area contributed by atoms with E-state index in [4.69, 9.17) is 19.1 Å². The Bertz CT molecular complexity index is 1250. The van der Waals surface area contributed by atoms with Crippen LogP contribution in [0.2, 0.25) is 0 Å². The van der Waals surface area contributed by atoms with Gasteiger partial charge in [0, 0.05) is 71.0 Å². The zero-order valence-corrected chi connectivity index (χ0v) is 27.5. The van der Waals surface area contributed by atoms with E-state index in [-0.39, 0.29) is 18.0 Å². The molecule has 2 amide bonds.